The van der Waals surface area contributed by atoms with E-state index in [1.54, 1.807) is 0 Å². The maximum Gasteiger partial charge on any atom is 0.0812 e. The lowest BCUT2D eigenvalue weighted by molar-refractivity contribution is -0.110. The van der Waals surface area contributed by atoms with Crippen LogP contribution in [0.3, 0.4) is 0 Å². The smallest absolute Gasteiger partial charge is 0.0812 e. The Balaban J connectivity index is 1.96. The Labute approximate surface area is 129 Å². The second-order valence-corrected chi connectivity index (χ2v) is 8.09. The predicted molar refractivity (Wildman–Crippen MR) is 87.6 cm³/mol. The molecule has 1 aliphatic carbocycles. The highest BCUT2D eigenvalue weighted by atomic mass is 16.5. The molecular formula is C19H29NO. The maximum atomic E-state index is 6.26. The van der Waals surface area contributed by atoms with Crippen LogP contribution in [0.1, 0.15) is 70.5 Å². The van der Waals surface area contributed by atoms with Gasteiger partial charge in [-0.15, -0.1) is 0 Å². The van der Waals surface area contributed by atoms with Crippen molar-refractivity contribution in [1.29, 1.82) is 0 Å². The van der Waals surface area contributed by atoms with Crippen molar-refractivity contribution in [3.8, 4) is 0 Å². The fourth-order valence-electron chi connectivity index (χ4n) is 3.56. The Morgan fingerprint density at radius 3 is 2.43 bits per heavy atom. The van der Waals surface area contributed by atoms with Gasteiger partial charge in [0.15, 0.2) is 0 Å². The van der Waals surface area contributed by atoms with Gasteiger partial charge in [0.05, 0.1) is 18.2 Å². The van der Waals surface area contributed by atoms with Crippen LogP contribution in [0.15, 0.2) is 24.3 Å². The highest BCUT2D eigenvalue weighted by Gasteiger charge is 2.52. The first-order valence-electron chi connectivity index (χ1n) is 8.32. The lowest BCUT2D eigenvalue weighted by Crippen LogP contribution is -2.54. The van der Waals surface area contributed by atoms with Crippen LogP contribution in [0, 0.1) is 0 Å². The highest BCUT2D eigenvalue weighted by molar-refractivity contribution is 5.33. The van der Waals surface area contributed by atoms with Crippen LogP contribution < -0.4 is 0 Å². The van der Waals surface area contributed by atoms with Gasteiger partial charge >= 0.3 is 0 Å². The molecular weight excluding hydrogens is 258 g/mol. The molecule has 0 bridgehead atoms. The van der Waals surface area contributed by atoms with Crippen molar-refractivity contribution < 1.29 is 4.74 Å². The van der Waals surface area contributed by atoms with Crippen LogP contribution in [0.4, 0.5) is 0 Å². The zero-order valence-electron chi connectivity index (χ0n) is 14.1. The summed E-state index contributed by atoms with van der Waals surface area (Å²) in [6.07, 6.45) is 2.47. The number of hydrogen-bond donors (Lipinski definition) is 0. The van der Waals surface area contributed by atoms with Gasteiger partial charge in [-0.05, 0) is 50.7 Å². The lowest BCUT2D eigenvalue weighted by atomic mass is 9.89. The molecule has 1 aromatic rings. The van der Waals surface area contributed by atoms with Crippen LogP contribution in [-0.4, -0.2) is 29.2 Å². The molecule has 1 unspecified atom stereocenters. The minimum absolute atomic E-state index is 0.175. The Hall–Kier alpha value is -0.860. The van der Waals surface area contributed by atoms with Crippen LogP contribution >= 0.6 is 0 Å². The second kappa shape index (κ2) is 5.10. The molecule has 1 saturated carbocycles. The summed E-state index contributed by atoms with van der Waals surface area (Å²) >= 11 is 0. The van der Waals surface area contributed by atoms with E-state index in [0.29, 0.717) is 12.0 Å². The van der Waals surface area contributed by atoms with Crippen LogP contribution in [0.25, 0.3) is 0 Å². The van der Waals surface area contributed by atoms with E-state index in [2.05, 4.69) is 63.8 Å². The summed E-state index contributed by atoms with van der Waals surface area (Å²) < 4.78 is 6.26. The number of ether oxygens (including phenoxy) is 1. The number of nitrogens with zero attached hydrogens (tertiary/aromatic N) is 1. The van der Waals surface area contributed by atoms with E-state index >= 15 is 0 Å². The van der Waals surface area contributed by atoms with Gasteiger partial charge in [0.1, 0.15) is 0 Å². The van der Waals surface area contributed by atoms with E-state index in [0.717, 1.165) is 13.2 Å². The molecule has 2 nitrogen and oxygen atoms in total. The van der Waals surface area contributed by atoms with Crippen LogP contribution in [0.2, 0.25) is 0 Å². The summed E-state index contributed by atoms with van der Waals surface area (Å²) in [5.74, 6) is 0.555. The number of benzene rings is 1. The molecule has 1 heterocycles. The molecule has 0 aromatic heterocycles. The second-order valence-electron chi connectivity index (χ2n) is 8.09. The molecule has 2 aliphatic rings. The third kappa shape index (κ3) is 2.89. The van der Waals surface area contributed by atoms with E-state index in [1.807, 2.05) is 0 Å². The van der Waals surface area contributed by atoms with Crippen molar-refractivity contribution in [2.45, 2.75) is 70.6 Å². The minimum atomic E-state index is 0.175. The third-order valence-electron chi connectivity index (χ3n) is 5.03. The summed E-state index contributed by atoms with van der Waals surface area (Å²) in [5.41, 5.74) is 3.27. The molecule has 116 valence electrons. The van der Waals surface area contributed by atoms with Gasteiger partial charge in [0.2, 0.25) is 0 Å². The molecule has 1 saturated heterocycles. The van der Waals surface area contributed by atoms with Gasteiger partial charge in [0, 0.05) is 12.1 Å². The van der Waals surface area contributed by atoms with Gasteiger partial charge in [0.25, 0.3) is 0 Å². The fraction of sp³-hybridized carbons (Fsp3) is 0.684. The molecule has 3 rings (SSSR count). The Kier molecular flexibility index (Phi) is 3.66. The topological polar surface area (TPSA) is 12.5 Å². The van der Waals surface area contributed by atoms with E-state index in [1.165, 1.54) is 24.0 Å². The van der Waals surface area contributed by atoms with Gasteiger partial charge < -0.3 is 4.74 Å². The standard InChI is InChI=1S/C19H29NO/c1-14(2)15-8-6-7-9-16(15)17-12-21-19(10-11-19)13-20(17)18(3,4)5/h6-9,14,17H,10-13H2,1-5H3. The third-order valence-corrected chi connectivity index (χ3v) is 5.03. The highest BCUT2D eigenvalue weighted by Crippen LogP contribution is 2.48. The van der Waals surface area contributed by atoms with Crippen LogP contribution in [-0.2, 0) is 4.74 Å². The summed E-state index contributed by atoms with van der Waals surface area (Å²) in [7, 11) is 0. The molecule has 1 atom stereocenters. The SMILES string of the molecule is CC(C)c1ccccc1C1COC2(CC2)CN1C(C)(C)C. The zero-order valence-corrected chi connectivity index (χ0v) is 14.1. The monoisotopic (exact) mass is 287 g/mol. The fourth-order valence-corrected chi connectivity index (χ4v) is 3.56. The van der Waals surface area contributed by atoms with E-state index in [-0.39, 0.29) is 11.1 Å². The predicted octanol–water partition coefficient (Wildman–Crippen LogP) is 4.51. The summed E-state index contributed by atoms with van der Waals surface area (Å²) in [4.78, 5) is 2.67. The van der Waals surface area contributed by atoms with Crippen molar-refractivity contribution in [2.75, 3.05) is 13.2 Å². The van der Waals surface area contributed by atoms with Crippen molar-refractivity contribution in [3.05, 3.63) is 35.4 Å². The molecule has 0 N–H and O–H groups in total. The largest absolute Gasteiger partial charge is 0.372 e. The van der Waals surface area contributed by atoms with Gasteiger partial charge in [-0.3, -0.25) is 4.90 Å². The maximum absolute atomic E-state index is 6.26. The molecule has 2 heteroatoms. The van der Waals surface area contributed by atoms with E-state index in [9.17, 15) is 0 Å². The molecule has 21 heavy (non-hydrogen) atoms. The van der Waals surface area contributed by atoms with Crippen molar-refractivity contribution >= 4 is 0 Å². The zero-order chi connectivity index (χ0) is 15.3. The summed E-state index contributed by atoms with van der Waals surface area (Å²) in [6.45, 7) is 13.5. The van der Waals surface area contributed by atoms with Gasteiger partial charge in [-0.2, -0.15) is 0 Å². The molecule has 1 spiro atoms. The summed E-state index contributed by atoms with van der Waals surface area (Å²) in [6, 6.07) is 9.29. The normalized spacial score (nSPS) is 25.5. The van der Waals surface area contributed by atoms with Crippen molar-refractivity contribution in [1.82, 2.24) is 4.90 Å². The van der Waals surface area contributed by atoms with Gasteiger partial charge in [-0.25, -0.2) is 0 Å². The number of morpholine rings is 1. The molecule has 1 aliphatic heterocycles. The minimum Gasteiger partial charge on any atom is -0.372 e. The van der Waals surface area contributed by atoms with Crippen molar-refractivity contribution in [3.63, 3.8) is 0 Å². The summed E-state index contributed by atoms with van der Waals surface area (Å²) in [5, 5.41) is 0. The Morgan fingerprint density at radius 2 is 1.86 bits per heavy atom. The van der Waals surface area contributed by atoms with E-state index in [4.69, 9.17) is 4.74 Å². The van der Waals surface area contributed by atoms with Crippen molar-refractivity contribution in [2.24, 2.45) is 0 Å². The lowest BCUT2D eigenvalue weighted by Gasteiger charge is -2.48. The van der Waals surface area contributed by atoms with Gasteiger partial charge in [-0.1, -0.05) is 38.1 Å². The average molecular weight is 287 g/mol. The van der Waals surface area contributed by atoms with Crippen LogP contribution in [0.5, 0.6) is 0 Å². The molecule has 2 fully saturated rings. The molecule has 0 radical (unpaired) electrons. The number of rotatable bonds is 2. The molecule has 1 aromatic carbocycles. The first-order valence-corrected chi connectivity index (χ1v) is 8.32. The average Bonchev–Trinajstić information content (AvgIpc) is 3.17. The Morgan fingerprint density at radius 1 is 1.19 bits per heavy atom. The quantitative estimate of drug-likeness (QED) is 0.793. The number of hydrogen-bond acceptors (Lipinski definition) is 2. The van der Waals surface area contributed by atoms with E-state index < -0.39 is 0 Å². The first-order chi connectivity index (χ1) is 9.82. The first kappa shape index (κ1) is 15.1. The molecule has 0 amide bonds. The Bertz CT molecular complexity index is 511.